The van der Waals surface area contributed by atoms with E-state index in [1.165, 1.54) is 31.2 Å². The normalized spacial score (nSPS) is 14.1. The van der Waals surface area contributed by atoms with Crippen LogP contribution in [0, 0.1) is 0 Å². The summed E-state index contributed by atoms with van der Waals surface area (Å²) in [6, 6.07) is 5.93. The van der Waals surface area contributed by atoms with Crippen LogP contribution >= 0.6 is 23.2 Å². The van der Waals surface area contributed by atoms with Crippen LogP contribution in [0.15, 0.2) is 29.2 Å². The molecule has 0 fully saturated rings. The van der Waals surface area contributed by atoms with Crippen LogP contribution in [-0.4, -0.2) is 13.1 Å². The average Bonchev–Trinajstić information content (AvgIpc) is 2.04. The molecule has 0 aromatic heterocycles. The quantitative estimate of drug-likeness (QED) is 0.743. The first kappa shape index (κ1) is 10.8. The molecule has 0 aliphatic carbocycles. The lowest BCUT2D eigenvalue weighted by Gasteiger charge is -2.05. The van der Waals surface area contributed by atoms with Crippen molar-refractivity contribution in [2.45, 2.75) is 16.5 Å². The Bertz CT molecular complexity index is 381. The zero-order chi connectivity index (χ0) is 10.1. The van der Waals surface area contributed by atoms with Crippen molar-refractivity contribution in [1.82, 2.24) is 0 Å². The van der Waals surface area contributed by atoms with E-state index in [1.54, 1.807) is 0 Å². The molecule has 2 nitrogen and oxygen atoms in total. The van der Waals surface area contributed by atoms with Crippen molar-refractivity contribution in [2.75, 3.05) is 0 Å². The summed E-state index contributed by atoms with van der Waals surface area (Å²) in [5, 5.41) is 0.501. The molecule has 13 heavy (non-hydrogen) atoms. The Morgan fingerprint density at radius 3 is 2.08 bits per heavy atom. The van der Waals surface area contributed by atoms with Crippen molar-refractivity contribution in [2.24, 2.45) is 0 Å². The van der Waals surface area contributed by atoms with E-state index in [0.29, 0.717) is 5.02 Å². The molecule has 1 aromatic rings. The van der Waals surface area contributed by atoms with Crippen LogP contribution in [0.25, 0.3) is 0 Å². The molecule has 0 radical (unpaired) electrons. The van der Waals surface area contributed by atoms with Gasteiger partial charge < -0.3 is 0 Å². The highest BCUT2D eigenvalue weighted by atomic mass is 35.5. The molecule has 0 aliphatic rings. The maximum Gasteiger partial charge on any atom is 0.194 e. The minimum atomic E-state index is -3.39. The van der Waals surface area contributed by atoms with Crippen molar-refractivity contribution < 1.29 is 8.42 Å². The number of alkyl halides is 1. The van der Waals surface area contributed by atoms with Gasteiger partial charge in [0.1, 0.15) is 4.71 Å². The second-order valence-corrected chi connectivity index (χ2v) is 6.16. The fourth-order valence-corrected chi connectivity index (χ4v) is 2.14. The van der Waals surface area contributed by atoms with Crippen molar-refractivity contribution in [3.63, 3.8) is 0 Å². The molecule has 1 rings (SSSR count). The van der Waals surface area contributed by atoms with Gasteiger partial charge in [0.2, 0.25) is 0 Å². The first-order valence-electron chi connectivity index (χ1n) is 3.58. The van der Waals surface area contributed by atoms with Crippen LogP contribution < -0.4 is 0 Å². The molecule has 1 aromatic carbocycles. The molecular formula is C8H8Cl2O2S. The van der Waals surface area contributed by atoms with E-state index in [1.807, 2.05) is 0 Å². The monoisotopic (exact) mass is 238 g/mol. The summed E-state index contributed by atoms with van der Waals surface area (Å²) in [4.78, 5) is 0.194. The molecule has 0 saturated heterocycles. The van der Waals surface area contributed by atoms with Crippen molar-refractivity contribution in [3.05, 3.63) is 29.3 Å². The Hall–Kier alpha value is -0.250. The highest BCUT2D eigenvalue weighted by Crippen LogP contribution is 2.20. The van der Waals surface area contributed by atoms with Gasteiger partial charge in [-0.25, -0.2) is 8.42 Å². The zero-order valence-corrected chi connectivity index (χ0v) is 9.20. The number of halogens is 2. The van der Waals surface area contributed by atoms with Gasteiger partial charge in [-0.1, -0.05) is 11.6 Å². The molecule has 0 N–H and O–H groups in total. The minimum Gasteiger partial charge on any atom is -0.222 e. The second kappa shape index (κ2) is 3.86. The van der Waals surface area contributed by atoms with E-state index in [4.69, 9.17) is 23.2 Å². The fourth-order valence-electron chi connectivity index (χ4n) is 0.812. The van der Waals surface area contributed by atoms with Crippen LogP contribution in [0.4, 0.5) is 0 Å². The molecule has 1 unspecified atom stereocenters. The Labute approximate surface area is 87.4 Å². The molecule has 0 saturated carbocycles. The summed E-state index contributed by atoms with van der Waals surface area (Å²) >= 11 is 11.1. The van der Waals surface area contributed by atoms with Crippen LogP contribution in [0.3, 0.4) is 0 Å². The third-order valence-corrected chi connectivity index (χ3v) is 4.31. The number of hydrogen-bond donors (Lipinski definition) is 0. The maximum absolute atomic E-state index is 11.5. The molecule has 1 atom stereocenters. The fraction of sp³-hybridized carbons (Fsp3) is 0.250. The van der Waals surface area contributed by atoms with Gasteiger partial charge in [0, 0.05) is 5.02 Å². The van der Waals surface area contributed by atoms with E-state index in [9.17, 15) is 8.42 Å². The lowest BCUT2D eigenvalue weighted by Crippen LogP contribution is -2.11. The predicted molar refractivity (Wildman–Crippen MR) is 54.0 cm³/mol. The topological polar surface area (TPSA) is 34.1 Å². The van der Waals surface area contributed by atoms with Crippen molar-refractivity contribution in [3.8, 4) is 0 Å². The van der Waals surface area contributed by atoms with E-state index in [2.05, 4.69) is 0 Å². The summed E-state index contributed by atoms with van der Waals surface area (Å²) in [6.45, 7) is 1.42. The third-order valence-electron chi connectivity index (χ3n) is 1.57. The lowest BCUT2D eigenvalue weighted by atomic mass is 10.4. The van der Waals surface area contributed by atoms with Gasteiger partial charge in [0.15, 0.2) is 9.84 Å². The number of benzene rings is 1. The molecular weight excluding hydrogens is 231 g/mol. The highest BCUT2D eigenvalue weighted by molar-refractivity contribution is 7.93. The van der Waals surface area contributed by atoms with Gasteiger partial charge in [-0.15, -0.1) is 11.6 Å². The van der Waals surface area contributed by atoms with Crippen LogP contribution in [0.1, 0.15) is 6.92 Å². The summed E-state index contributed by atoms with van der Waals surface area (Å²) in [5.41, 5.74) is 0. The Balaban J connectivity index is 3.17. The molecule has 0 bridgehead atoms. The third kappa shape index (κ3) is 2.36. The first-order valence-corrected chi connectivity index (χ1v) is 5.94. The number of rotatable bonds is 2. The van der Waals surface area contributed by atoms with Gasteiger partial charge in [0.05, 0.1) is 4.90 Å². The summed E-state index contributed by atoms with van der Waals surface area (Å²) < 4.78 is 22.0. The van der Waals surface area contributed by atoms with Crippen LogP contribution in [0.2, 0.25) is 5.02 Å². The molecule has 72 valence electrons. The Kier molecular flexibility index (Phi) is 3.22. The standard InChI is InChI=1S/C8H8Cl2O2S/c1-6(9)13(11,12)8-4-2-7(10)3-5-8/h2-6H,1H3. The van der Waals surface area contributed by atoms with Gasteiger partial charge in [-0.2, -0.15) is 0 Å². The smallest absolute Gasteiger partial charge is 0.194 e. The molecule has 0 heterocycles. The minimum absolute atomic E-state index is 0.194. The maximum atomic E-state index is 11.5. The molecule has 0 spiro atoms. The SMILES string of the molecule is CC(Cl)S(=O)(=O)c1ccc(Cl)cc1. The zero-order valence-electron chi connectivity index (χ0n) is 6.87. The predicted octanol–water partition coefficient (Wildman–Crippen LogP) is 2.70. The number of sulfone groups is 1. The Morgan fingerprint density at radius 2 is 1.69 bits per heavy atom. The summed E-state index contributed by atoms with van der Waals surface area (Å²) in [5.74, 6) is 0. The van der Waals surface area contributed by atoms with Crippen LogP contribution in [0.5, 0.6) is 0 Å². The molecule has 5 heteroatoms. The van der Waals surface area contributed by atoms with Crippen molar-refractivity contribution >= 4 is 33.0 Å². The second-order valence-electron chi connectivity index (χ2n) is 2.54. The van der Waals surface area contributed by atoms with Crippen LogP contribution in [-0.2, 0) is 9.84 Å². The van der Waals surface area contributed by atoms with Gasteiger partial charge >= 0.3 is 0 Å². The van der Waals surface area contributed by atoms with Gasteiger partial charge in [-0.05, 0) is 31.2 Å². The van der Waals surface area contributed by atoms with E-state index in [0.717, 1.165) is 0 Å². The van der Waals surface area contributed by atoms with E-state index >= 15 is 0 Å². The summed E-state index contributed by atoms with van der Waals surface area (Å²) in [7, 11) is -3.39. The van der Waals surface area contributed by atoms with E-state index < -0.39 is 14.5 Å². The molecule has 0 amide bonds. The average molecular weight is 239 g/mol. The first-order chi connectivity index (χ1) is 5.94. The molecule has 0 aliphatic heterocycles. The number of hydrogen-bond acceptors (Lipinski definition) is 2. The highest BCUT2D eigenvalue weighted by Gasteiger charge is 2.20. The lowest BCUT2D eigenvalue weighted by molar-refractivity contribution is 0.594. The largest absolute Gasteiger partial charge is 0.222 e. The van der Waals surface area contributed by atoms with Crippen molar-refractivity contribution in [1.29, 1.82) is 0 Å². The summed E-state index contributed by atoms with van der Waals surface area (Å²) in [6.07, 6.45) is 0. The van der Waals surface area contributed by atoms with Gasteiger partial charge in [0.25, 0.3) is 0 Å². The Morgan fingerprint density at radius 1 is 1.23 bits per heavy atom. The van der Waals surface area contributed by atoms with Gasteiger partial charge in [-0.3, -0.25) is 0 Å². The van der Waals surface area contributed by atoms with E-state index in [-0.39, 0.29) is 4.90 Å².